The third-order valence-electron chi connectivity index (χ3n) is 6.59. The standard InChI is InChI=1S/C23H28N4O6/c1-26-14-24-12-17(22(26)31)20(29)25-11-16-10-23(5-7-33-8-6-23)13-27(16)21(30)15-3-4-19(32-2)18(28)9-15/h3-4,9,12,14,16,28H,5-8,10-11,13H2,1-2H3,(H,25,29). The lowest BCUT2D eigenvalue weighted by molar-refractivity contribution is 0.0190. The van der Waals surface area contributed by atoms with Gasteiger partial charge in [-0.25, -0.2) is 4.98 Å². The average molecular weight is 456 g/mol. The molecule has 0 radical (unpaired) electrons. The predicted octanol–water partition coefficient (Wildman–Crippen LogP) is 0.936. The van der Waals surface area contributed by atoms with E-state index in [1.54, 1.807) is 17.0 Å². The number of amides is 2. The summed E-state index contributed by atoms with van der Waals surface area (Å²) < 4.78 is 11.8. The summed E-state index contributed by atoms with van der Waals surface area (Å²) in [5.41, 5.74) is -0.217. The van der Waals surface area contributed by atoms with Crippen molar-refractivity contribution in [1.29, 1.82) is 0 Å². The number of carbonyl (C=O) groups is 2. The highest BCUT2D eigenvalue weighted by Crippen LogP contribution is 2.43. The first-order valence-corrected chi connectivity index (χ1v) is 10.9. The molecule has 0 bridgehead atoms. The highest BCUT2D eigenvalue weighted by molar-refractivity contribution is 5.96. The average Bonchev–Trinajstić information content (AvgIpc) is 3.16. The minimum Gasteiger partial charge on any atom is -0.504 e. The van der Waals surface area contributed by atoms with Gasteiger partial charge in [-0.1, -0.05) is 0 Å². The SMILES string of the molecule is COc1ccc(C(=O)N2CC3(CCOCC3)CC2CNC(=O)c2cncn(C)c2=O)cc1O. The highest BCUT2D eigenvalue weighted by atomic mass is 16.5. The van der Waals surface area contributed by atoms with Gasteiger partial charge >= 0.3 is 0 Å². The number of rotatable bonds is 5. The molecule has 0 aliphatic carbocycles. The summed E-state index contributed by atoms with van der Waals surface area (Å²) in [6.07, 6.45) is 4.97. The molecule has 2 N–H and O–H groups in total. The van der Waals surface area contributed by atoms with E-state index in [4.69, 9.17) is 9.47 Å². The van der Waals surface area contributed by atoms with Gasteiger partial charge in [0.2, 0.25) is 0 Å². The molecule has 1 atom stereocenters. The molecule has 2 fully saturated rings. The van der Waals surface area contributed by atoms with Crippen LogP contribution in [-0.2, 0) is 11.8 Å². The maximum absolute atomic E-state index is 13.4. The van der Waals surface area contributed by atoms with Crippen LogP contribution >= 0.6 is 0 Å². The van der Waals surface area contributed by atoms with Gasteiger partial charge in [0, 0.05) is 51.2 Å². The minimum atomic E-state index is -0.522. The molecule has 1 unspecified atom stereocenters. The Hall–Kier alpha value is -3.40. The monoisotopic (exact) mass is 456 g/mol. The van der Waals surface area contributed by atoms with Gasteiger partial charge in [0.1, 0.15) is 5.56 Å². The van der Waals surface area contributed by atoms with Crippen molar-refractivity contribution >= 4 is 11.8 Å². The van der Waals surface area contributed by atoms with E-state index in [0.29, 0.717) is 25.3 Å². The molecule has 1 spiro atoms. The van der Waals surface area contributed by atoms with Crippen molar-refractivity contribution in [3.63, 3.8) is 0 Å². The summed E-state index contributed by atoms with van der Waals surface area (Å²) in [5, 5.41) is 12.9. The molecule has 4 rings (SSSR count). The topological polar surface area (TPSA) is 123 Å². The predicted molar refractivity (Wildman–Crippen MR) is 118 cm³/mol. The van der Waals surface area contributed by atoms with E-state index in [2.05, 4.69) is 10.3 Å². The zero-order chi connectivity index (χ0) is 23.6. The Balaban J connectivity index is 1.55. The van der Waals surface area contributed by atoms with E-state index in [9.17, 15) is 19.5 Å². The lowest BCUT2D eigenvalue weighted by Gasteiger charge is -2.33. The van der Waals surface area contributed by atoms with Crippen LogP contribution in [-0.4, -0.2) is 70.8 Å². The van der Waals surface area contributed by atoms with Gasteiger partial charge in [-0.2, -0.15) is 0 Å². The third-order valence-corrected chi connectivity index (χ3v) is 6.59. The Labute approximate surface area is 191 Å². The number of phenols is 1. The minimum absolute atomic E-state index is 0.0447. The Morgan fingerprint density at radius 1 is 1.33 bits per heavy atom. The van der Waals surface area contributed by atoms with Crippen molar-refractivity contribution in [3.8, 4) is 11.5 Å². The van der Waals surface area contributed by atoms with Crippen LogP contribution in [0.15, 0.2) is 35.5 Å². The van der Waals surface area contributed by atoms with Crippen molar-refractivity contribution < 1.29 is 24.2 Å². The fourth-order valence-electron chi connectivity index (χ4n) is 4.71. The van der Waals surface area contributed by atoms with E-state index in [1.807, 2.05) is 0 Å². The second kappa shape index (κ2) is 9.22. The number of aromatic hydroxyl groups is 1. The highest BCUT2D eigenvalue weighted by Gasteiger charge is 2.46. The van der Waals surface area contributed by atoms with Crippen molar-refractivity contribution in [3.05, 3.63) is 52.2 Å². The van der Waals surface area contributed by atoms with Gasteiger partial charge in [-0.3, -0.25) is 14.4 Å². The van der Waals surface area contributed by atoms with Gasteiger partial charge in [-0.05, 0) is 42.9 Å². The molecule has 10 heteroatoms. The van der Waals surface area contributed by atoms with E-state index in [0.717, 1.165) is 19.3 Å². The molecule has 1 aromatic heterocycles. The zero-order valence-electron chi connectivity index (χ0n) is 18.7. The first kappa shape index (κ1) is 22.8. The molecule has 176 valence electrons. The van der Waals surface area contributed by atoms with Gasteiger partial charge in [0.25, 0.3) is 17.4 Å². The van der Waals surface area contributed by atoms with Gasteiger partial charge in [0.05, 0.1) is 13.4 Å². The van der Waals surface area contributed by atoms with Crippen molar-refractivity contribution in [2.45, 2.75) is 25.3 Å². The lowest BCUT2D eigenvalue weighted by atomic mass is 9.78. The first-order chi connectivity index (χ1) is 15.8. The summed E-state index contributed by atoms with van der Waals surface area (Å²) in [7, 11) is 2.98. The molecule has 3 heterocycles. The number of nitrogens with one attached hydrogen (secondary N) is 1. The Morgan fingerprint density at radius 2 is 2.09 bits per heavy atom. The molecule has 2 saturated heterocycles. The quantitative estimate of drug-likeness (QED) is 0.686. The zero-order valence-corrected chi connectivity index (χ0v) is 18.7. The van der Waals surface area contributed by atoms with Crippen LogP contribution < -0.4 is 15.6 Å². The fourth-order valence-corrected chi connectivity index (χ4v) is 4.71. The second-order valence-electron chi connectivity index (χ2n) is 8.72. The van der Waals surface area contributed by atoms with Crippen molar-refractivity contribution in [2.75, 3.05) is 33.4 Å². The molecule has 1 aromatic carbocycles. The number of ether oxygens (including phenoxy) is 2. The number of hydrogen-bond acceptors (Lipinski definition) is 7. The first-order valence-electron chi connectivity index (χ1n) is 10.9. The number of benzene rings is 1. The molecule has 2 amide bonds. The van der Waals surface area contributed by atoms with Gasteiger partial charge in [-0.15, -0.1) is 0 Å². The fraction of sp³-hybridized carbons (Fsp3) is 0.478. The summed E-state index contributed by atoms with van der Waals surface area (Å²) in [6.45, 7) is 2.01. The summed E-state index contributed by atoms with van der Waals surface area (Å²) >= 11 is 0. The number of aromatic nitrogens is 2. The number of hydrogen-bond donors (Lipinski definition) is 2. The maximum Gasteiger partial charge on any atom is 0.265 e. The number of phenolic OH excluding ortho intramolecular Hbond substituents is 1. The normalized spacial score (nSPS) is 19.5. The van der Waals surface area contributed by atoms with Gasteiger partial charge in [0.15, 0.2) is 11.5 Å². The summed E-state index contributed by atoms with van der Waals surface area (Å²) in [4.78, 5) is 44.0. The molecule has 10 nitrogen and oxygen atoms in total. The molecular formula is C23H28N4O6. The van der Waals surface area contributed by atoms with Gasteiger partial charge < -0.3 is 29.4 Å². The third kappa shape index (κ3) is 4.56. The summed E-state index contributed by atoms with van der Waals surface area (Å²) in [6, 6.07) is 4.30. The van der Waals surface area contributed by atoms with E-state index in [-0.39, 0.29) is 41.0 Å². The van der Waals surface area contributed by atoms with Crippen molar-refractivity contribution in [2.24, 2.45) is 12.5 Å². The lowest BCUT2D eigenvalue weighted by Crippen LogP contribution is -2.44. The number of carbonyl (C=O) groups excluding carboxylic acids is 2. The van der Waals surface area contributed by atoms with Crippen LogP contribution in [0.3, 0.4) is 0 Å². The Kier molecular flexibility index (Phi) is 6.37. The molecule has 2 aliphatic heterocycles. The molecule has 0 saturated carbocycles. The number of likely N-dealkylation sites (tertiary alicyclic amines) is 1. The van der Waals surface area contributed by atoms with Crippen LogP contribution in [0.2, 0.25) is 0 Å². The molecule has 33 heavy (non-hydrogen) atoms. The van der Waals surface area contributed by atoms with Crippen LogP contribution in [0.4, 0.5) is 0 Å². The number of nitrogens with zero attached hydrogens (tertiary/aromatic N) is 3. The summed E-state index contributed by atoms with van der Waals surface area (Å²) in [5.74, 6) is -0.574. The number of methoxy groups -OCH3 is 1. The van der Waals surface area contributed by atoms with Crippen molar-refractivity contribution in [1.82, 2.24) is 19.8 Å². The molecule has 2 aromatic rings. The van der Waals surface area contributed by atoms with Crippen LogP contribution in [0.1, 0.15) is 40.0 Å². The van der Waals surface area contributed by atoms with E-state index in [1.165, 1.54) is 37.3 Å². The molecular weight excluding hydrogens is 428 g/mol. The second-order valence-corrected chi connectivity index (χ2v) is 8.72. The molecule has 2 aliphatic rings. The van der Waals surface area contributed by atoms with Crippen LogP contribution in [0.25, 0.3) is 0 Å². The van der Waals surface area contributed by atoms with E-state index < -0.39 is 11.5 Å². The Bertz CT molecular complexity index is 1110. The van der Waals surface area contributed by atoms with E-state index >= 15 is 0 Å². The van der Waals surface area contributed by atoms with Crippen LogP contribution in [0.5, 0.6) is 11.5 Å². The van der Waals surface area contributed by atoms with Crippen LogP contribution in [0, 0.1) is 5.41 Å². The maximum atomic E-state index is 13.4. The smallest absolute Gasteiger partial charge is 0.265 e. The Morgan fingerprint density at radius 3 is 2.79 bits per heavy atom. The largest absolute Gasteiger partial charge is 0.504 e. The number of aryl methyl sites for hydroxylation is 1.